The molecule has 3 aliphatic rings. The second-order valence-electron chi connectivity index (χ2n) is 10.3. The Labute approximate surface area is 267 Å². The van der Waals surface area contributed by atoms with Gasteiger partial charge in [-0.2, -0.15) is 4.98 Å². The van der Waals surface area contributed by atoms with Gasteiger partial charge < -0.3 is 25.7 Å². The Kier molecular flexibility index (Phi) is 8.16. The molecule has 3 aliphatic heterocycles. The minimum absolute atomic E-state index is 0.0109. The van der Waals surface area contributed by atoms with Gasteiger partial charge in [0.25, 0.3) is 5.56 Å². The fourth-order valence-electron chi connectivity index (χ4n) is 5.53. The molecule has 5 N–H and O–H groups in total. The predicted molar refractivity (Wildman–Crippen MR) is 161 cm³/mol. The van der Waals surface area contributed by atoms with Gasteiger partial charge in [0, 0.05) is 7.11 Å². The molecule has 0 amide bonds. The number of nitrogens with one attached hydrogen (secondary N) is 1. The number of ether oxygens (including phenoxy) is 3. The number of rotatable bonds is 3. The zero-order valence-electron chi connectivity index (χ0n) is 23.3. The van der Waals surface area contributed by atoms with Crippen molar-refractivity contribution in [3.63, 3.8) is 0 Å². The smallest absolute Gasteiger partial charge is 0.382 e. The molecule has 0 aliphatic carbocycles. The van der Waals surface area contributed by atoms with Crippen molar-refractivity contribution in [3.8, 4) is 0 Å². The molecule has 4 aromatic rings. The van der Waals surface area contributed by atoms with Crippen molar-refractivity contribution >= 4 is 72.2 Å². The van der Waals surface area contributed by atoms with Crippen molar-refractivity contribution < 1.29 is 45.8 Å². The van der Waals surface area contributed by atoms with Gasteiger partial charge in [0.2, 0.25) is 5.95 Å². The van der Waals surface area contributed by atoms with Crippen LogP contribution in [0.15, 0.2) is 23.8 Å². The summed E-state index contributed by atoms with van der Waals surface area (Å²) in [5.41, 5.74) is 11.3. The quantitative estimate of drug-likeness (QED) is 0.147. The molecule has 10 atom stereocenters. The van der Waals surface area contributed by atoms with Gasteiger partial charge in [-0.3, -0.25) is 37.0 Å². The average Bonchev–Trinajstić information content (AvgIpc) is 3.75. The molecular weight excluding hydrogens is 697 g/mol. The molecule has 20 nitrogen and oxygen atoms in total. The van der Waals surface area contributed by atoms with Crippen LogP contribution in [0.4, 0.5) is 16.2 Å². The lowest BCUT2D eigenvalue weighted by Gasteiger charge is -2.27. The summed E-state index contributed by atoms with van der Waals surface area (Å²) in [5, 5.41) is 0. The fraction of sp³-hybridized carbons (Fsp3) is 0.524. The number of thiol groups is 2. The van der Waals surface area contributed by atoms with Gasteiger partial charge >= 0.3 is 13.6 Å². The van der Waals surface area contributed by atoms with Crippen LogP contribution in [0.2, 0.25) is 0 Å². The number of nitrogens with two attached hydrogens (primary N) is 2. The zero-order valence-corrected chi connectivity index (χ0v) is 26.9. The molecule has 0 radical (unpaired) electrons. The maximum absolute atomic E-state index is 16.1. The van der Waals surface area contributed by atoms with Crippen molar-refractivity contribution in [2.45, 2.75) is 49.1 Å². The van der Waals surface area contributed by atoms with E-state index in [4.69, 9.17) is 43.8 Å². The average molecular weight is 723 g/mol. The number of aromatic amines is 1. The molecule has 46 heavy (non-hydrogen) atoms. The molecular formula is C21H25FN10O10P2S2. The molecule has 3 saturated heterocycles. The number of aromatic nitrogens is 8. The first kappa shape index (κ1) is 31.9. The van der Waals surface area contributed by atoms with Gasteiger partial charge in [0.15, 0.2) is 41.3 Å². The Balaban J connectivity index is 1.22. The predicted octanol–water partition coefficient (Wildman–Crippen LogP) is 1.16. The Morgan fingerprint density at radius 2 is 1.57 bits per heavy atom. The fourth-order valence-corrected chi connectivity index (χ4v) is 8.47. The number of alkyl halides is 1. The SMILES string of the molecule is COC1C2COP(=O)(S)OC3C(COP(=O)(S)OC1C(n1cnc4c(=O)[nH]c(N)nc41)O2)OC(n1cnc2c(N)ncnc21)C3F. The van der Waals surface area contributed by atoms with E-state index in [2.05, 4.69) is 54.4 Å². The van der Waals surface area contributed by atoms with Crippen LogP contribution in [-0.2, 0) is 41.4 Å². The van der Waals surface area contributed by atoms with E-state index in [0.717, 1.165) is 0 Å². The largest absolute Gasteiger partial charge is 0.386 e. The summed E-state index contributed by atoms with van der Waals surface area (Å²) in [6.07, 6.45) is -7.39. The summed E-state index contributed by atoms with van der Waals surface area (Å²) >= 11 is 8.20. The van der Waals surface area contributed by atoms with Crippen LogP contribution in [0.3, 0.4) is 0 Å². The normalized spacial score (nSPS) is 37.1. The van der Waals surface area contributed by atoms with Gasteiger partial charge in [-0.05, 0) is 0 Å². The van der Waals surface area contributed by atoms with Crippen molar-refractivity contribution in [3.05, 3.63) is 29.3 Å². The molecule has 0 spiro atoms. The minimum atomic E-state index is -4.36. The lowest BCUT2D eigenvalue weighted by molar-refractivity contribution is -0.0575. The van der Waals surface area contributed by atoms with Crippen LogP contribution in [0.5, 0.6) is 0 Å². The summed E-state index contributed by atoms with van der Waals surface area (Å²) in [5.74, 6) is -0.147. The van der Waals surface area contributed by atoms with Crippen LogP contribution < -0.4 is 17.0 Å². The van der Waals surface area contributed by atoms with E-state index in [-0.39, 0.29) is 34.1 Å². The van der Waals surface area contributed by atoms with Gasteiger partial charge in [-0.15, -0.1) is 0 Å². The third kappa shape index (κ3) is 5.62. The van der Waals surface area contributed by atoms with Crippen molar-refractivity contribution in [1.82, 2.24) is 39.0 Å². The number of imidazole rings is 2. The first-order valence-electron chi connectivity index (χ1n) is 13.3. The van der Waals surface area contributed by atoms with E-state index in [9.17, 15) is 13.9 Å². The molecule has 0 aromatic carbocycles. The van der Waals surface area contributed by atoms with E-state index >= 15 is 4.39 Å². The second-order valence-corrected chi connectivity index (χ2v) is 16.1. The number of nitrogens with zero attached hydrogens (tertiary/aromatic N) is 7. The number of methoxy groups -OCH3 is 1. The topological polar surface area (TPSA) is 258 Å². The first-order valence-corrected chi connectivity index (χ1v) is 18.7. The summed E-state index contributed by atoms with van der Waals surface area (Å²) in [6, 6.07) is 0. The lowest BCUT2D eigenvalue weighted by atomic mass is 10.1. The zero-order chi connectivity index (χ0) is 32.5. The maximum atomic E-state index is 16.1. The molecule has 7 heterocycles. The Morgan fingerprint density at radius 3 is 2.28 bits per heavy atom. The summed E-state index contributed by atoms with van der Waals surface area (Å²) in [6.45, 7) is -9.83. The standard InChI is InChI=1S/C21H25FN10O10P2S2/c1-36-13-8-3-38-43(34,45)41-12-7(39-19(9(12)22)31-5-27-10-15(23)25-4-26-16(10)31)2-37-44(35,46)42-14(13)20(40-8)32-6-28-11-17(32)29-21(24)30-18(11)33/h4-9,12-14,19-20H,2-3H2,1H3,(H,34,45)(H,35,46)(H2,23,25,26)(H3,24,29,30,33). The number of H-pyrrole nitrogens is 1. The van der Waals surface area contributed by atoms with Gasteiger partial charge in [0.05, 0.1) is 25.9 Å². The number of hydrogen-bond donors (Lipinski definition) is 5. The van der Waals surface area contributed by atoms with Gasteiger partial charge in [-0.25, -0.2) is 33.5 Å². The maximum Gasteiger partial charge on any atom is 0.386 e. The Bertz CT molecular complexity index is 1970. The van der Waals surface area contributed by atoms with E-state index in [0.29, 0.717) is 0 Å². The number of nitrogen functional groups attached to an aromatic ring is 2. The van der Waals surface area contributed by atoms with Crippen LogP contribution in [0.1, 0.15) is 12.5 Å². The van der Waals surface area contributed by atoms with Crippen molar-refractivity contribution in [2.75, 3.05) is 31.8 Å². The highest BCUT2D eigenvalue weighted by Crippen LogP contribution is 2.60. The van der Waals surface area contributed by atoms with Crippen LogP contribution in [-0.4, -0.2) is 96.1 Å². The highest BCUT2D eigenvalue weighted by atomic mass is 32.7. The summed E-state index contributed by atoms with van der Waals surface area (Å²) in [7, 11) is 1.32. The number of fused-ring (bicyclic) bond motifs is 5. The monoisotopic (exact) mass is 722 g/mol. The van der Waals surface area contributed by atoms with Gasteiger partial charge in [-0.1, -0.05) is 24.5 Å². The minimum Gasteiger partial charge on any atom is -0.382 e. The molecule has 3 fully saturated rings. The highest BCUT2D eigenvalue weighted by molar-refractivity contribution is 8.44. The number of hydrogen-bond acceptors (Lipinski definition) is 17. The number of halogens is 1. The van der Waals surface area contributed by atoms with Crippen LogP contribution in [0, 0.1) is 0 Å². The second kappa shape index (κ2) is 11.8. The third-order valence-corrected chi connectivity index (χ3v) is 10.8. The molecule has 2 bridgehead atoms. The molecule has 4 aromatic heterocycles. The van der Waals surface area contributed by atoms with E-state index in [1.54, 1.807) is 0 Å². The molecule has 25 heteroatoms. The summed E-state index contributed by atoms with van der Waals surface area (Å²) in [4.78, 5) is 35.0. The van der Waals surface area contributed by atoms with Crippen molar-refractivity contribution in [2.24, 2.45) is 0 Å². The first-order chi connectivity index (χ1) is 21.9. The molecule has 10 unspecified atom stereocenters. The number of anilines is 2. The van der Waals surface area contributed by atoms with E-state index < -0.39 is 81.5 Å². The Morgan fingerprint density at radius 1 is 0.935 bits per heavy atom. The molecule has 7 rings (SSSR count). The van der Waals surface area contributed by atoms with E-state index in [1.165, 1.54) is 35.2 Å². The third-order valence-electron chi connectivity index (χ3n) is 7.52. The van der Waals surface area contributed by atoms with Crippen LogP contribution in [0.25, 0.3) is 22.3 Å². The van der Waals surface area contributed by atoms with Crippen LogP contribution >= 0.6 is 38.1 Å². The lowest BCUT2D eigenvalue weighted by Crippen LogP contribution is -2.37. The van der Waals surface area contributed by atoms with Gasteiger partial charge in [0.1, 0.15) is 42.4 Å². The summed E-state index contributed by atoms with van der Waals surface area (Å²) < 4.78 is 85.9. The van der Waals surface area contributed by atoms with Crippen molar-refractivity contribution in [1.29, 1.82) is 0 Å². The highest BCUT2D eigenvalue weighted by Gasteiger charge is 2.54. The molecule has 248 valence electrons. The van der Waals surface area contributed by atoms with E-state index in [1.807, 2.05) is 0 Å². The molecule has 0 saturated carbocycles. The Hall–Kier alpha value is -2.69.